The summed E-state index contributed by atoms with van der Waals surface area (Å²) in [6.07, 6.45) is 6.28. The molecule has 0 saturated heterocycles. The Labute approximate surface area is 80.3 Å². The normalized spacial score (nSPS) is 28.8. The van der Waals surface area contributed by atoms with Gasteiger partial charge in [-0.1, -0.05) is 26.2 Å². The molecule has 0 amide bonds. The molecule has 13 heavy (non-hydrogen) atoms. The molecule has 0 aromatic carbocycles. The Morgan fingerprint density at radius 3 is 2.69 bits per heavy atom. The molecule has 1 N–H and O–H groups in total. The molecule has 0 heterocycles. The maximum absolute atomic E-state index is 11.6. The van der Waals surface area contributed by atoms with Gasteiger partial charge in [0.15, 0.2) is 0 Å². The van der Waals surface area contributed by atoms with E-state index in [1.54, 1.807) is 0 Å². The summed E-state index contributed by atoms with van der Waals surface area (Å²) in [5.74, 6) is 0.245. The van der Waals surface area contributed by atoms with Crippen LogP contribution < -0.4 is 0 Å². The molecule has 1 rings (SSSR count). The van der Waals surface area contributed by atoms with Crippen molar-refractivity contribution in [3.05, 3.63) is 0 Å². The Bertz CT molecular complexity index is 165. The minimum atomic E-state index is -0.349. The number of aliphatic hydroxyl groups excluding tert-OH is 1. The van der Waals surface area contributed by atoms with Crippen molar-refractivity contribution in [3.8, 4) is 0 Å². The van der Waals surface area contributed by atoms with E-state index in [9.17, 15) is 9.90 Å². The van der Waals surface area contributed by atoms with E-state index in [1.165, 1.54) is 0 Å². The van der Waals surface area contributed by atoms with Gasteiger partial charge in [0.1, 0.15) is 5.78 Å². The molecule has 2 unspecified atom stereocenters. The Morgan fingerprint density at radius 1 is 1.38 bits per heavy atom. The van der Waals surface area contributed by atoms with Crippen LogP contribution in [0.15, 0.2) is 0 Å². The second kappa shape index (κ2) is 5.38. The van der Waals surface area contributed by atoms with Crippen LogP contribution in [0.4, 0.5) is 0 Å². The minimum Gasteiger partial charge on any atom is -0.392 e. The topological polar surface area (TPSA) is 37.3 Å². The summed E-state index contributed by atoms with van der Waals surface area (Å²) in [6.45, 7) is 2.09. The molecule has 0 aromatic rings. The average molecular weight is 184 g/mol. The van der Waals surface area contributed by atoms with Crippen molar-refractivity contribution < 1.29 is 9.90 Å². The monoisotopic (exact) mass is 184 g/mol. The highest BCUT2D eigenvalue weighted by Crippen LogP contribution is 2.26. The first-order valence-electron chi connectivity index (χ1n) is 5.46. The molecule has 0 bridgehead atoms. The van der Waals surface area contributed by atoms with Crippen LogP contribution in [0.5, 0.6) is 0 Å². The summed E-state index contributed by atoms with van der Waals surface area (Å²) in [6, 6.07) is 0. The zero-order chi connectivity index (χ0) is 9.68. The zero-order valence-corrected chi connectivity index (χ0v) is 8.46. The molecule has 2 nitrogen and oxygen atoms in total. The van der Waals surface area contributed by atoms with Gasteiger partial charge in [-0.05, 0) is 19.3 Å². The van der Waals surface area contributed by atoms with E-state index in [0.29, 0.717) is 6.42 Å². The van der Waals surface area contributed by atoms with Gasteiger partial charge in [0.05, 0.1) is 6.10 Å². The first-order chi connectivity index (χ1) is 6.25. The fraction of sp³-hybridized carbons (Fsp3) is 0.909. The van der Waals surface area contributed by atoms with Crippen LogP contribution >= 0.6 is 0 Å². The Balaban J connectivity index is 2.35. The summed E-state index contributed by atoms with van der Waals surface area (Å²) in [5.41, 5.74) is 0. The number of ketones is 1. The van der Waals surface area contributed by atoms with Gasteiger partial charge < -0.3 is 5.11 Å². The molecule has 0 aromatic heterocycles. The Kier molecular flexibility index (Phi) is 4.43. The van der Waals surface area contributed by atoms with Crippen molar-refractivity contribution in [1.29, 1.82) is 0 Å². The van der Waals surface area contributed by atoms with Gasteiger partial charge in [-0.3, -0.25) is 4.79 Å². The van der Waals surface area contributed by atoms with Crippen LogP contribution in [-0.2, 0) is 4.79 Å². The smallest absolute Gasteiger partial charge is 0.138 e. The van der Waals surface area contributed by atoms with E-state index in [4.69, 9.17) is 0 Å². The van der Waals surface area contributed by atoms with E-state index in [2.05, 4.69) is 6.92 Å². The number of carbonyl (C=O) groups excluding carboxylic acids is 1. The van der Waals surface area contributed by atoms with Crippen LogP contribution in [-0.4, -0.2) is 17.0 Å². The van der Waals surface area contributed by atoms with Crippen molar-refractivity contribution in [2.24, 2.45) is 5.92 Å². The molecular formula is C11H20O2. The van der Waals surface area contributed by atoms with Gasteiger partial charge >= 0.3 is 0 Å². The largest absolute Gasteiger partial charge is 0.392 e. The molecule has 1 aliphatic carbocycles. The first kappa shape index (κ1) is 10.7. The molecule has 2 heteroatoms. The lowest BCUT2D eigenvalue weighted by Gasteiger charge is -2.26. The van der Waals surface area contributed by atoms with Crippen molar-refractivity contribution in [3.63, 3.8) is 0 Å². The van der Waals surface area contributed by atoms with Crippen molar-refractivity contribution in [2.45, 2.75) is 58.0 Å². The molecule has 0 spiro atoms. The molecule has 2 atom stereocenters. The first-order valence-corrected chi connectivity index (χ1v) is 5.46. The van der Waals surface area contributed by atoms with E-state index in [-0.39, 0.29) is 17.8 Å². The predicted octanol–water partition coefficient (Wildman–Crippen LogP) is 2.30. The molecule has 1 aliphatic rings. The summed E-state index contributed by atoms with van der Waals surface area (Å²) < 4.78 is 0. The van der Waals surface area contributed by atoms with Gasteiger partial charge in [0.25, 0.3) is 0 Å². The summed E-state index contributed by atoms with van der Waals surface area (Å²) >= 11 is 0. The van der Waals surface area contributed by atoms with Crippen molar-refractivity contribution in [1.82, 2.24) is 0 Å². The minimum absolute atomic E-state index is 0.0414. The van der Waals surface area contributed by atoms with Gasteiger partial charge in [-0.25, -0.2) is 0 Å². The third kappa shape index (κ3) is 3.11. The highest BCUT2D eigenvalue weighted by atomic mass is 16.3. The number of rotatable bonds is 4. The van der Waals surface area contributed by atoms with Gasteiger partial charge in [-0.2, -0.15) is 0 Å². The van der Waals surface area contributed by atoms with Gasteiger partial charge in [0, 0.05) is 12.3 Å². The molecule has 1 fully saturated rings. The van der Waals surface area contributed by atoms with Crippen LogP contribution in [0.1, 0.15) is 51.9 Å². The van der Waals surface area contributed by atoms with Crippen LogP contribution in [0.3, 0.4) is 0 Å². The number of carbonyl (C=O) groups is 1. The highest BCUT2D eigenvalue weighted by molar-refractivity contribution is 5.81. The van der Waals surface area contributed by atoms with Crippen molar-refractivity contribution in [2.75, 3.05) is 0 Å². The SMILES string of the molecule is CCCCC(=O)C1CCCCC1O. The maximum atomic E-state index is 11.6. The zero-order valence-electron chi connectivity index (χ0n) is 8.46. The third-order valence-corrected chi connectivity index (χ3v) is 2.92. The van der Waals surface area contributed by atoms with E-state index >= 15 is 0 Å². The van der Waals surface area contributed by atoms with E-state index < -0.39 is 0 Å². The predicted molar refractivity (Wildman–Crippen MR) is 52.5 cm³/mol. The number of hydrogen-bond acceptors (Lipinski definition) is 2. The average Bonchev–Trinajstić information content (AvgIpc) is 2.15. The fourth-order valence-corrected chi connectivity index (χ4v) is 2.02. The van der Waals surface area contributed by atoms with E-state index in [1.807, 2.05) is 0 Å². The fourth-order valence-electron chi connectivity index (χ4n) is 2.02. The third-order valence-electron chi connectivity index (χ3n) is 2.92. The summed E-state index contributed by atoms with van der Waals surface area (Å²) in [7, 11) is 0. The summed E-state index contributed by atoms with van der Waals surface area (Å²) in [4.78, 5) is 11.6. The highest BCUT2D eigenvalue weighted by Gasteiger charge is 2.28. The van der Waals surface area contributed by atoms with E-state index in [0.717, 1.165) is 38.5 Å². The standard InChI is InChI=1S/C11H20O2/c1-2-3-7-10(12)9-6-4-5-8-11(9)13/h9,11,13H,2-8H2,1H3. The van der Waals surface area contributed by atoms with Crippen molar-refractivity contribution >= 4 is 5.78 Å². The molecule has 0 aliphatic heterocycles. The molecule has 76 valence electrons. The van der Waals surface area contributed by atoms with Gasteiger partial charge in [-0.15, -0.1) is 0 Å². The van der Waals surface area contributed by atoms with Crippen LogP contribution in [0, 0.1) is 5.92 Å². The van der Waals surface area contributed by atoms with Crippen LogP contribution in [0.25, 0.3) is 0 Å². The molecule has 1 saturated carbocycles. The number of hydrogen-bond donors (Lipinski definition) is 1. The molecular weight excluding hydrogens is 164 g/mol. The number of aliphatic hydroxyl groups is 1. The molecule has 0 radical (unpaired) electrons. The summed E-state index contributed by atoms with van der Waals surface area (Å²) in [5, 5.41) is 9.62. The quantitative estimate of drug-likeness (QED) is 0.728. The lowest BCUT2D eigenvalue weighted by atomic mass is 9.82. The second-order valence-corrected chi connectivity index (χ2v) is 4.03. The number of unbranched alkanes of at least 4 members (excludes halogenated alkanes) is 1. The maximum Gasteiger partial charge on any atom is 0.138 e. The van der Waals surface area contributed by atoms with Crippen LogP contribution in [0.2, 0.25) is 0 Å². The second-order valence-electron chi connectivity index (χ2n) is 4.03. The Hall–Kier alpha value is -0.370. The number of Topliss-reactive ketones (excluding diaryl/α,β-unsaturated/α-hetero) is 1. The van der Waals surface area contributed by atoms with Gasteiger partial charge in [0.2, 0.25) is 0 Å². The lowest BCUT2D eigenvalue weighted by molar-refractivity contribution is -0.127. The lowest BCUT2D eigenvalue weighted by Crippen LogP contribution is -2.31. The Morgan fingerprint density at radius 2 is 2.08 bits per heavy atom.